The van der Waals surface area contributed by atoms with Crippen molar-refractivity contribution in [2.24, 2.45) is 0 Å². The largest absolute Gasteiger partial charge is 0.451 e. The molecule has 0 aliphatic rings. The molecule has 0 aliphatic carbocycles. The molecule has 0 spiro atoms. The predicted molar refractivity (Wildman–Crippen MR) is 80.0 cm³/mol. The number of ketones is 1. The zero-order valence-electron chi connectivity index (χ0n) is 12.5. The molecule has 0 saturated heterocycles. The van der Waals surface area contributed by atoms with Crippen LogP contribution in [-0.4, -0.2) is 27.5 Å². The average molecular weight is 370 g/mol. The van der Waals surface area contributed by atoms with Gasteiger partial charge in [-0.15, -0.1) is 0 Å². The van der Waals surface area contributed by atoms with Crippen molar-refractivity contribution in [1.82, 2.24) is 15.1 Å². The van der Waals surface area contributed by atoms with E-state index in [0.29, 0.717) is 16.8 Å². The van der Waals surface area contributed by atoms with E-state index >= 15 is 0 Å². The number of carbonyl (C=O) groups is 1. The summed E-state index contributed by atoms with van der Waals surface area (Å²) >= 11 is 4.81. The van der Waals surface area contributed by atoms with Gasteiger partial charge in [0.25, 0.3) is 0 Å². The standard InChI is InChI=1S/C15H10ClF2N3O4/c16-15(17,18)14-20-13(21-25-14)10-3-1-9(2-4-10)12(22)7-23-5-11-6-24-8-19-11/h1-4,6,8H,5,7H2. The Morgan fingerprint density at radius 1 is 1.28 bits per heavy atom. The minimum Gasteiger partial charge on any atom is -0.451 e. The van der Waals surface area contributed by atoms with Gasteiger partial charge in [0.1, 0.15) is 18.6 Å². The van der Waals surface area contributed by atoms with Gasteiger partial charge in [-0.25, -0.2) is 4.98 Å². The number of Topliss-reactive ketones (excluding diaryl/α,β-unsaturated/α-hetero) is 1. The molecule has 0 aliphatic heterocycles. The van der Waals surface area contributed by atoms with Gasteiger partial charge in [0, 0.05) is 11.1 Å². The van der Waals surface area contributed by atoms with Crippen molar-refractivity contribution >= 4 is 17.4 Å². The number of halogens is 3. The number of oxazole rings is 1. The molecule has 0 N–H and O–H groups in total. The highest BCUT2D eigenvalue weighted by Gasteiger charge is 2.35. The number of alkyl halides is 3. The summed E-state index contributed by atoms with van der Waals surface area (Å²) in [4.78, 5) is 19.4. The monoisotopic (exact) mass is 369 g/mol. The van der Waals surface area contributed by atoms with Crippen LogP contribution < -0.4 is 0 Å². The molecule has 130 valence electrons. The Kier molecular flexibility index (Phi) is 4.86. The maximum absolute atomic E-state index is 12.9. The third-order valence-corrected chi connectivity index (χ3v) is 3.26. The molecule has 1 aromatic carbocycles. The number of nitrogens with zero attached hydrogens (tertiary/aromatic N) is 3. The van der Waals surface area contributed by atoms with Crippen molar-refractivity contribution in [3.05, 3.63) is 54.1 Å². The van der Waals surface area contributed by atoms with Crippen LogP contribution in [0.5, 0.6) is 0 Å². The zero-order chi connectivity index (χ0) is 17.9. The predicted octanol–water partition coefficient (Wildman–Crippen LogP) is 3.41. The van der Waals surface area contributed by atoms with Gasteiger partial charge in [0.15, 0.2) is 12.2 Å². The number of hydrogen-bond donors (Lipinski definition) is 0. The van der Waals surface area contributed by atoms with Crippen molar-refractivity contribution in [1.29, 1.82) is 0 Å². The highest BCUT2D eigenvalue weighted by molar-refractivity contribution is 6.21. The maximum Gasteiger partial charge on any atom is 0.400 e. The summed E-state index contributed by atoms with van der Waals surface area (Å²) in [5.41, 5.74) is 1.36. The van der Waals surface area contributed by atoms with E-state index in [0.717, 1.165) is 0 Å². The van der Waals surface area contributed by atoms with Crippen LogP contribution >= 0.6 is 11.6 Å². The Balaban J connectivity index is 1.61. The van der Waals surface area contributed by atoms with Crippen LogP contribution in [0.1, 0.15) is 21.9 Å². The minimum absolute atomic E-state index is 0.0587. The molecule has 0 saturated carbocycles. The lowest BCUT2D eigenvalue weighted by Crippen LogP contribution is -2.09. The van der Waals surface area contributed by atoms with Crippen LogP contribution in [0, 0.1) is 0 Å². The summed E-state index contributed by atoms with van der Waals surface area (Å²) in [6.07, 6.45) is 2.69. The minimum atomic E-state index is -3.73. The summed E-state index contributed by atoms with van der Waals surface area (Å²) in [7, 11) is 0. The van der Waals surface area contributed by atoms with E-state index in [-0.39, 0.29) is 24.8 Å². The molecular formula is C15H10ClF2N3O4. The zero-order valence-corrected chi connectivity index (χ0v) is 13.2. The van der Waals surface area contributed by atoms with Crippen LogP contribution in [0.3, 0.4) is 0 Å². The Labute approximate surface area is 144 Å². The fourth-order valence-corrected chi connectivity index (χ4v) is 1.98. The summed E-state index contributed by atoms with van der Waals surface area (Å²) in [5.74, 6) is -1.31. The lowest BCUT2D eigenvalue weighted by molar-refractivity contribution is 0.0551. The van der Waals surface area contributed by atoms with Crippen molar-refractivity contribution in [2.75, 3.05) is 6.61 Å². The Bertz CT molecular complexity index is 845. The summed E-state index contributed by atoms with van der Waals surface area (Å²) in [6.45, 7) is 0.00956. The molecule has 0 unspecified atom stereocenters. The first-order chi connectivity index (χ1) is 11.9. The molecule has 0 amide bonds. The molecule has 2 heterocycles. The summed E-state index contributed by atoms with van der Waals surface area (Å²) in [5, 5.41) is -0.304. The van der Waals surface area contributed by atoms with Crippen LogP contribution in [0.25, 0.3) is 11.4 Å². The number of hydrogen-bond acceptors (Lipinski definition) is 7. The number of ether oxygens (including phenoxy) is 1. The van der Waals surface area contributed by atoms with Gasteiger partial charge < -0.3 is 13.7 Å². The van der Waals surface area contributed by atoms with Gasteiger partial charge in [-0.3, -0.25) is 4.79 Å². The van der Waals surface area contributed by atoms with Crippen LogP contribution in [0.4, 0.5) is 8.78 Å². The first-order valence-corrected chi connectivity index (χ1v) is 7.30. The number of benzene rings is 1. The SMILES string of the molecule is O=C(COCc1cocn1)c1ccc(-c2noc(C(F)(F)Cl)n2)cc1. The second-order valence-electron chi connectivity index (χ2n) is 4.89. The Hall–Kier alpha value is -2.65. The highest BCUT2D eigenvalue weighted by atomic mass is 35.5. The average Bonchev–Trinajstić information content (AvgIpc) is 3.26. The van der Waals surface area contributed by atoms with Crippen LogP contribution in [-0.2, 0) is 16.7 Å². The van der Waals surface area contributed by atoms with Gasteiger partial charge in [-0.1, -0.05) is 29.4 Å². The third kappa shape index (κ3) is 4.25. The van der Waals surface area contributed by atoms with Crippen LogP contribution in [0.2, 0.25) is 0 Å². The second kappa shape index (κ2) is 7.08. The van der Waals surface area contributed by atoms with E-state index in [2.05, 4.69) is 19.6 Å². The molecule has 2 aromatic heterocycles. The first-order valence-electron chi connectivity index (χ1n) is 6.93. The van der Waals surface area contributed by atoms with Gasteiger partial charge in [-0.05, 0) is 11.6 Å². The lowest BCUT2D eigenvalue weighted by atomic mass is 10.1. The molecular weight excluding hydrogens is 360 g/mol. The quantitative estimate of drug-likeness (QED) is 0.465. The molecule has 0 bridgehead atoms. The van der Waals surface area contributed by atoms with E-state index in [1.165, 1.54) is 36.9 Å². The van der Waals surface area contributed by atoms with Crippen molar-refractivity contribution in [3.63, 3.8) is 0 Å². The molecule has 7 nitrogen and oxygen atoms in total. The van der Waals surface area contributed by atoms with Crippen molar-refractivity contribution in [2.45, 2.75) is 12.0 Å². The summed E-state index contributed by atoms with van der Waals surface area (Å²) < 4.78 is 40.2. The highest BCUT2D eigenvalue weighted by Crippen LogP contribution is 2.32. The van der Waals surface area contributed by atoms with Crippen molar-refractivity contribution < 1.29 is 27.3 Å². The second-order valence-corrected chi connectivity index (χ2v) is 5.37. The Morgan fingerprint density at radius 3 is 2.64 bits per heavy atom. The first kappa shape index (κ1) is 17.2. The molecule has 3 rings (SSSR count). The van der Waals surface area contributed by atoms with Gasteiger partial charge >= 0.3 is 11.3 Å². The van der Waals surface area contributed by atoms with Gasteiger partial charge in [-0.2, -0.15) is 13.8 Å². The Morgan fingerprint density at radius 2 is 2.04 bits per heavy atom. The molecule has 25 heavy (non-hydrogen) atoms. The molecule has 0 fully saturated rings. The fraction of sp³-hybridized carbons (Fsp3) is 0.200. The third-order valence-electron chi connectivity index (χ3n) is 3.10. The molecule has 0 radical (unpaired) electrons. The topological polar surface area (TPSA) is 91.2 Å². The molecule has 10 heteroatoms. The van der Waals surface area contributed by atoms with E-state index < -0.39 is 11.3 Å². The maximum atomic E-state index is 12.9. The number of carbonyl (C=O) groups excluding carboxylic acids is 1. The molecule has 0 atom stereocenters. The van der Waals surface area contributed by atoms with Gasteiger partial charge in [0.2, 0.25) is 5.82 Å². The van der Waals surface area contributed by atoms with E-state index in [4.69, 9.17) is 20.8 Å². The van der Waals surface area contributed by atoms with E-state index in [1.807, 2.05) is 0 Å². The summed E-state index contributed by atoms with van der Waals surface area (Å²) in [6, 6.07) is 6.02. The van der Waals surface area contributed by atoms with Crippen LogP contribution in [0.15, 0.2) is 45.9 Å². The fourth-order valence-electron chi connectivity index (χ4n) is 1.90. The number of aromatic nitrogens is 3. The smallest absolute Gasteiger partial charge is 0.400 e. The van der Waals surface area contributed by atoms with E-state index in [1.54, 1.807) is 0 Å². The lowest BCUT2D eigenvalue weighted by Gasteiger charge is -2.03. The normalized spacial score (nSPS) is 11.6. The molecule has 3 aromatic rings. The van der Waals surface area contributed by atoms with E-state index in [9.17, 15) is 13.6 Å². The van der Waals surface area contributed by atoms with Crippen molar-refractivity contribution in [3.8, 4) is 11.4 Å². The van der Waals surface area contributed by atoms with Gasteiger partial charge in [0.05, 0.1) is 6.61 Å². The number of rotatable bonds is 7.